The number of ether oxygens (including phenoxy) is 1. The number of halogens is 1. The number of hydrogen-bond donors (Lipinski definition) is 1. The number of benzene rings is 2. The van der Waals surface area contributed by atoms with Gasteiger partial charge in [-0.2, -0.15) is 0 Å². The number of amides is 1. The number of rotatable bonds is 7. The molecular weight excluding hydrogens is 337 g/mol. The Morgan fingerprint density at radius 1 is 0.962 bits per heavy atom. The molecule has 136 valence electrons. The highest BCUT2D eigenvalue weighted by atomic mass is 19.1. The van der Waals surface area contributed by atoms with Crippen LogP contribution in [0.15, 0.2) is 54.6 Å². The molecule has 0 radical (unpaired) electrons. The standard InChI is InChI=1S/C20H20FNO4/c1-13(2)18(22-19(24)15-6-4-3-5-7-15)20(25)26-12-17(23)14-8-10-16(21)11-9-14/h3-11,13,18H,12H2,1-2H3,(H,22,24)/t18-/m1/s1. The van der Waals surface area contributed by atoms with Gasteiger partial charge in [0, 0.05) is 11.1 Å². The van der Waals surface area contributed by atoms with Gasteiger partial charge in [0.2, 0.25) is 0 Å². The molecule has 1 amide bonds. The highest BCUT2D eigenvalue weighted by Crippen LogP contribution is 2.08. The van der Waals surface area contributed by atoms with Crippen LogP contribution < -0.4 is 5.32 Å². The van der Waals surface area contributed by atoms with Crippen molar-refractivity contribution in [1.82, 2.24) is 5.32 Å². The van der Waals surface area contributed by atoms with Crippen molar-refractivity contribution in [3.05, 3.63) is 71.5 Å². The van der Waals surface area contributed by atoms with Crippen molar-refractivity contribution in [2.45, 2.75) is 19.9 Å². The zero-order valence-electron chi connectivity index (χ0n) is 14.6. The van der Waals surface area contributed by atoms with Crippen molar-refractivity contribution in [2.75, 3.05) is 6.61 Å². The minimum Gasteiger partial charge on any atom is -0.456 e. The fraction of sp³-hybridized carbons (Fsp3) is 0.250. The number of ketones is 1. The van der Waals surface area contributed by atoms with Crippen LogP contribution in [-0.2, 0) is 9.53 Å². The van der Waals surface area contributed by atoms with E-state index in [1.165, 1.54) is 12.1 Å². The van der Waals surface area contributed by atoms with Gasteiger partial charge in [-0.15, -0.1) is 0 Å². The molecule has 1 N–H and O–H groups in total. The maximum atomic E-state index is 12.9. The summed E-state index contributed by atoms with van der Waals surface area (Å²) < 4.78 is 17.9. The summed E-state index contributed by atoms with van der Waals surface area (Å²) in [5.74, 6) is -2.22. The van der Waals surface area contributed by atoms with Gasteiger partial charge >= 0.3 is 5.97 Å². The molecule has 0 saturated heterocycles. The van der Waals surface area contributed by atoms with Crippen LogP contribution in [0, 0.1) is 11.7 Å². The molecule has 0 fully saturated rings. The Bertz CT molecular complexity index is 772. The number of carbonyl (C=O) groups is 3. The molecule has 0 saturated carbocycles. The molecule has 1 atom stereocenters. The number of Topliss-reactive ketones (excluding diaryl/α,β-unsaturated/α-hetero) is 1. The Balaban J connectivity index is 1.96. The highest BCUT2D eigenvalue weighted by molar-refractivity contribution is 5.99. The average molecular weight is 357 g/mol. The maximum Gasteiger partial charge on any atom is 0.329 e. The van der Waals surface area contributed by atoms with E-state index < -0.39 is 36.1 Å². The Morgan fingerprint density at radius 2 is 1.58 bits per heavy atom. The molecule has 0 aliphatic heterocycles. The first-order valence-electron chi connectivity index (χ1n) is 8.20. The molecule has 0 heterocycles. The molecule has 2 aromatic rings. The summed E-state index contributed by atoms with van der Waals surface area (Å²) in [7, 11) is 0. The van der Waals surface area contributed by atoms with Crippen molar-refractivity contribution < 1.29 is 23.5 Å². The molecular formula is C20H20FNO4. The van der Waals surface area contributed by atoms with E-state index in [2.05, 4.69) is 5.32 Å². The van der Waals surface area contributed by atoms with Crippen LogP contribution in [-0.4, -0.2) is 30.3 Å². The third kappa shape index (κ3) is 5.24. The molecule has 2 aromatic carbocycles. The molecule has 0 aromatic heterocycles. The lowest BCUT2D eigenvalue weighted by Gasteiger charge is -2.20. The lowest BCUT2D eigenvalue weighted by molar-refractivity contribution is -0.145. The largest absolute Gasteiger partial charge is 0.456 e. The monoisotopic (exact) mass is 357 g/mol. The first-order valence-corrected chi connectivity index (χ1v) is 8.20. The van der Waals surface area contributed by atoms with Gasteiger partial charge in [0.1, 0.15) is 11.9 Å². The van der Waals surface area contributed by atoms with Gasteiger partial charge < -0.3 is 10.1 Å². The minimum absolute atomic E-state index is 0.226. The van der Waals surface area contributed by atoms with Gasteiger partial charge in [-0.3, -0.25) is 9.59 Å². The predicted molar refractivity (Wildman–Crippen MR) is 94.2 cm³/mol. The third-order valence-electron chi connectivity index (χ3n) is 3.75. The summed E-state index contributed by atoms with van der Waals surface area (Å²) in [4.78, 5) is 36.5. The fourth-order valence-electron chi connectivity index (χ4n) is 2.26. The van der Waals surface area contributed by atoms with Crippen LogP contribution >= 0.6 is 0 Å². The van der Waals surface area contributed by atoms with Gasteiger partial charge in [0.25, 0.3) is 5.91 Å². The van der Waals surface area contributed by atoms with Crippen molar-refractivity contribution in [1.29, 1.82) is 0 Å². The fourth-order valence-corrected chi connectivity index (χ4v) is 2.26. The second-order valence-corrected chi connectivity index (χ2v) is 6.10. The first-order chi connectivity index (χ1) is 12.4. The smallest absolute Gasteiger partial charge is 0.329 e. The Labute approximate surface area is 151 Å². The number of esters is 1. The molecule has 0 unspecified atom stereocenters. The van der Waals surface area contributed by atoms with E-state index in [4.69, 9.17) is 4.74 Å². The molecule has 2 rings (SSSR count). The maximum absolute atomic E-state index is 12.9. The Kier molecular flexibility index (Phi) is 6.60. The van der Waals surface area contributed by atoms with Crippen molar-refractivity contribution in [3.63, 3.8) is 0 Å². The SMILES string of the molecule is CC(C)[C@@H](NC(=O)c1ccccc1)C(=O)OCC(=O)c1ccc(F)cc1. The van der Waals surface area contributed by atoms with Crippen molar-refractivity contribution in [3.8, 4) is 0 Å². The van der Waals surface area contributed by atoms with Gasteiger partial charge in [-0.05, 0) is 42.3 Å². The minimum atomic E-state index is -0.885. The van der Waals surface area contributed by atoms with Crippen LogP contribution in [0.4, 0.5) is 4.39 Å². The van der Waals surface area contributed by atoms with Gasteiger partial charge in [0.15, 0.2) is 12.4 Å². The quantitative estimate of drug-likeness (QED) is 0.611. The summed E-state index contributed by atoms with van der Waals surface area (Å²) in [5, 5.41) is 2.63. The molecule has 5 nitrogen and oxygen atoms in total. The van der Waals surface area contributed by atoms with Crippen molar-refractivity contribution >= 4 is 17.7 Å². The second kappa shape index (κ2) is 8.89. The molecule has 0 spiro atoms. The van der Waals surface area contributed by atoms with E-state index in [-0.39, 0.29) is 11.5 Å². The van der Waals surface area contributed by atoms with Gasteiger partial charge in [0.05, 0.1) is 0 Å². The van der Waals surface area contributed by atoms with E-state index in [9.17, 15) is 18.8 Å². The van der Waals surface area contributed by atoms with Crippen LogP contribution in [0.25, 0.3) is 0 Å². The average Bonchev–Trinajstić information content (AvgIpc) is 2.64. The Hall–Kier alpha value is -3.02. The summed E-state index contributed by atoms with van der Waals surface area (Å²) in [6.07, 6.45) is 0. The molecule has 0 aliphatic carbocycles. The van der Waals surface area contributed by atoms with Gasteiger partial charge in [-0.1, -0.05) is 32.0 Å². The molecule has 0 aliphatic rings. The van der Waals surface area contributed by atoms with E-state index in [0.29, 0.717) is 5.56 Å². The Morgan fingerprint density at radius 3 is 2.15 bits per heavy atom. The lowest BCUT2D eigenvalue weighted by atomic mass is 10.0. The summed E-state index contributed by atoms with van der Waals surface area (Å²) in [5.41, 5.74) is 0.668. The molecule has 6 heteroatoms. The summed E-state index contributed by atoms with van der Waals surface area (Å²) in [6.45, 7) is 3.05. The molecule has 26 heavy (non-hydrogen) atoms. The van der Waals surface area contributed by atoms with Crippen LogP contribution in [0.5, 0.6) is 0 Å². The second-order valence-electron chi connectivity index (χ2n) is 6.10. The normalized spacial score (nSPS) is 11.7. The third-order valence-corrected chi connectivity index (χ3v) is 3.75. The van der Waals surface area contributed by atoms with E-state index >= 15 is 0 Å². The van der Waals surface area contributed by atoms with Crippen LogP contribution in [0.2, 0.25) is 0 Å². The van der Waals surface area contributed by atoms with Crippen LogP contribution in [0.1, 0.15) is 34.6 Å². The first kappa shape index (κ1) is 19.3. The lowest BCUT2D eigenvalue weighted by Crippen LogP contribution is -2.45. The highest BCUT2D eigenvalue weighted by Gasteiger charge is 2.26. The zero-order valence-corrected chi connectivity index (χ0v) is 14.6. The summed E-state index contributed by atoms with van der Waals surface area (Å²) >= 11 is 0. The zero-order chi connectivity index (χ0) is 19.1. The summed E-state index contributed by atoms with van der Waals surface area (Å²) in [6, 6.07) is 12.6. The topological polar surface area (TPSA) is 72.5 Å². The van der Waals surface area contributed by atoms with E-state index in [0.717, 1.165) is 12.1 Å². The van der Waals surface area contributed by atoms with E-state index in [1.807, 2.05) is 0 Å². The molecule has 0 bridgehead atoms. The number of nitrogens with one attached hydrogen (secondary N) is 1. The van der Waals surface area contributed by atoms with Gasteiger partial charge in [-0.25, -0.2) is 9.18 Å². The number of carbonyl (C=O) groups excluding carboxylic acids is 3. The predicted octanol–water partition coefficient (Wildman–Crippen LogP) is 3.01. The van der Waals surface area contributed by atoms with Crippen LogP contribution in [0.3, 0.4) is 0 Å². The van der Waals surface area contributed by atoms with Crippen molar-refractivity contribution in [2.24, 2.45) is 5.92 Å². The van der Waals surface area contributed by atoms with E-state index in [1.54, 1.807) is 44.2 Å². The number of hydrogen-bond acceptors (Lipinski definition) is 4.